The molecule has 1 aliphatic heterocycles. The summed E-state index contributed by atoms with van der Waals surface area (Å²) in [5.74, 6) is -2.88. The molecular weight excluding hydrogens is 577 g/mol. The maximum atomic E-state index is 14.7. The molecule has 2 aromatic carbocycles. The van der Waals surface area contributed by atoms with Gasteiger partial charge in [0.05, 0.1) is 17.1 Å². The van der Waals surface area contributed by atoms with E-state index in [0.717, 1.165) is 17.2 Å². The monoisotopic (exact) mass is 600 g/mol. The zero-order valence-corrected chi connectivity index (χ0v) is 22.1. The lowest BCUT2D eigenvalue weighted by Crippen LogP contribution is -2.54. The van der Waals surface area contributed by atoms with E-state index in [1.807, 2.05) is 5.32 Å². The Bertz CT molecular complexity index is 1440. The normalized spacial score (nSPS) is 16.5. The number of carbonyl (C=O) groups is 2. The SMILES string of the molecule is CC(C)(C)OC(=O)N1Cc2cc(S(C)(=O)=O)ccc2C1C(=O)Nc1ccc(C(O)(C(F)(F)F)C(F)(F)F)cc1F. The van der Waals surface area contributed by atoms with Gasteiger partial charge in [0.25, 0.3) is 11.5 Å². The first-order chi connectivity index (χ1) is 18.0. The van der Waals surface area contributed by atoms with Crippen molar-refractivity contribution in [2.24, 2.45) is 0 Å². The standard InChI is InChI=1S/C24H23F7N2O6S/c1-21(2,3)39-20(35)33-11-12-9-14(40(4,37)38)6-7-15(12)18(33)19(34)32-17-8-5-13(10-16(17)25)22(36,23(26,27)28)24(29,30)31/h5-10,18,36H,11H2,1-4H3,(H,32,34). The predicted octanol–water partition coefficient (Wildman–Crippen LogP) is 4.97. The van der Waals surface area contributed by atoms with Crippen LogP contribution in [0.5, 0.6) is 0 Å². The van der Waals surface area contributed by atoms with Crippen molar-refractivity contribution >= 4 is 27.5 Å². The van der Waals surface area contributed by atoms with Crippen LogP contribution in [0.3, 0.4) is 0 Å². The third-order valence-electron chi connectivity index (χ3n) is 5.83. The Labute approximate surface area is 223 Å². The van der Waals surface area contributed by atoms with E-state index < -0.39 is 68.5 Å². The molecule has 1 heterocycles. The summed E-state index contributed by atoms with van der Waals surface area (Å²) in [7, 11) is -3.69. The number of rotatable bonds is 4. The first kappa shape index (κ1) is 31.1. The van der Waals surface area contributed by atoms with Crippen LogP contribution in [0.4, 0.5) is 41.2 Å². The fourth-order valence-electron chi connectivity index (χ4n) is 3.96. The maximum Gasteiger partial charge on any atom is 0.430 e. The van der Waals surface area contributed by atoms with Crippen molar-refractivity contribution in [1.82, 2.24) is 4.90 Å². The second-order valence-corrected chi connectivity index (χ2v) is 12.0. The minimum Gasteiger partial charge on any atom is -0.444 e. The number of halogens is 7. The molecule has 2 amide bonds. The largest absolute Gasteiger partial charge is 0.444 e. The Kier molecular flexibility index (Phi) is 7.71. The van der Waals surface area contributed by atoms with Crippen LogP contribution < -0.4 is 5.32 Å². The molecule has 0 radical (unpaired) electrons. The summed E-state index contributed by atoms with van der Waals surface area (Å²) >= 11 is 0. The number of fused-ring (bicyclic) bond motifs is 1. The molecule has 40 heavy (non-hydrogen) atoms. The van der Waals surface area contributed by atoms with Gasteiger partial charge in [-0.15, -0.1) is 0 Å². The number of aliphatic hydroxyl groups is 1. The van der Waals surface area contributed by atoms with Crippen LogP contribution in [0, 0.1) is 5.82 Å². The molecule has 2 aromatic rings. The molecule has 0 saturated carbocycles. The average Bonchev–Trinajstić information content (AvgIpc) is 3.16. The number of hydrogen-bond donors (Lipinski definition) is 2. The molecule has 0 bridgehead atoms. The molecule has 1 atom stereocenters. The van der Waals surface area contributed by atoms with E-state index in [9.17, 15) is 53.8 Å². The molecule has 0 aliphatic carbocycles. The molecule has 1 aliphatic rings. The van der Waals surface area contributed by atoms with E-state index in [-0.39, 0.29) is 34.7 Å². The number of ether oxygens (including phenoxy) is 1. The topological polar surface area (TPSA) is 113 Å². The van der Waals surface area contributed by atoms with Gasteiger partial charge < -0.3 is 15.2 Å². The Morgan fingerprint density at radius 1 is 1.00 bits per heavy atom. The number of alkyl halides is 6. The first-order valence-electron chi connectivity index (χ1n) is 11.3. The van der Waals surface area contributed by atoms with Gasteiger partial charge in [-0.05, 0) is 56.2 Å². The number of benzene rings is 2. The van der Waals surface area contributed by atoms with Crippen molar-refractivity contribution in [3.05, 3.63) is 58.9 Å². The summed E-state index contributed by atoms with van der Waals surface area (Å²) in [5.41, 5.74) is -8.80. The van der Waals surface area contributed by atoms with Crippen LogP contribution in [-0.4, -0.2) is 54.6 Å². The number of carbonyl (C=O) groups excluding carboxylic acids is 2. The number of nitrogens with zero attached hydrogens (tertiary/aromatic N) is 1. The molecule has 1 unspecified atom stereocenters. The lowest BCUT2D eigenvalue weighted by atomic mass is 9.92. The van der Waals surface area contributed by atoms with Gasteiger partial charge in [-0.3, -0.25) is 9.69 Å². The Balaban J connectivity index is 2.02. The van der Waals surface area contributed by atoms with Gasteiger partial charge in [-0.1, -0.05) is 12.1 Å². The van der Waals surface area contributed by atoms with E-state index >= 15 is 0 Å². The third kappa shape index (κ3) is 5.87. The number of hydrogen-bond acceptors (Lipinski definition) is 6. The fourth-order valence-corrected chi connectivity index (χ4v) is 4.63. The lowest BCUT2D eigenvalue weighted by Gasteiger charge is -2.32. The highest BCUT2D eigenvalue weighted by Gasteiger charge is 2.71. The molecule has 0 aromatic heterocycles. The minimum absolute atomic E-state index is 0.122. The van der Waals surface area contributed by atoms with Crippen LogP contribution in [0.2, 0.25) is 0 Å². The van der Waals surface area contributed by atoms with Crippen molar-refractivity contribution in [3.63, 3.8) is 0 Å². The lowest BCUT2D eigenvalue weighted by molar-refractivity contribution is -0.376. The Morgan fingerprint density at radius 2 is 1.57 bits per heavy atom. The summed E-state index contributed by atoms with van der Waals surface area (Å²) in [5, 5.41) is 11.5. The van der Waals surface area contributed by atoms with Crippen molar-refractivity contribution in [2.75, 3.05) is 11.6 Å². The molecule has 2 N–H and O–H groups in total. The van der Waals surface area contributed by atoms with Crippen molar-refractivity contribution < 1.29 is 58.6 Å². The van der Waals surface area contributed by atoms with Crippen molar-refractivity contribution in [1.29, 1.82) is 0 Å². The molecule has 0 spiro atoms. The van der Waals surface area contributed by atoms with E-state index in [1.54, 1.807) is 0 Å². The van der Waals surface area contributed by atoms with Crippen LogP contribution in [-0.2, 0) is 31.5 Å². The van der Waals surface area contributed by atoms with Gasteiger partial charge in [0.1, 0.15) is 17.5 Å². The van der Waals surface area contributed by atoms with Crippen LogP contribution >= 0.6 is 0 Å². The highest BCUT2D eigenvalue weighted by atomic mass is 32.2. The minimum atomic E-state index is -6.26. The summed E-state index contributed by atoms with van der Waals surface area (Å²) in [6, 6.07) is 2.41. The summed E-state index contributed by atoms with van der Waals surface area (Å²) in [6.07, 6.45) is -12.6. The van der Waals surface area contributed by atoms with Crippen LogP contribution in [0.25, 0.3) is 0 Å². The van der Waals surface area contributed by atoms with Gasteiger partial charge in [0.15, 0.2) is 9.84 Å². The second-order valence-electron chi connectivity index (χ2n) is 10.0. The highest BCUT2D eigenvalue weighted by molar-refractivity contribution is 7.90. The van der Waals surface area contributed by atoms with E-state index in [4.69, 9.17) is 4.74 Å². The van der Waals surface area contributed by atoms with Crippen molar-refractivity contribution in [3.8, 4) is 0 Å². The smallest absolute Gasteiger partial charge is 0.430 e. The molecular formula is C24H23F7N2O6S. The molecule has 16 heteroatoms. The van der Waals surface area contributed by atoms with E-state index in [0.29, 0.717) is 6.07 Å². The molecule has 0 saturated heterocycles. The van der Waals surface area contributed by atoms with E-state index in [1.165, 1.54) is 32.9 Å². The van der Waals surface area contributed by atoms with Crippen LogP contribution in [0.15, 0.2) is 41.3 Å². The molecule has 220 valence electrons. The Morgan fingerprint density at radius 3 is 2.05 bits per heavy atom. The van der Waals surface area contributed by atoms with Gasteiger partial charge in [-0.2, -0.15) is 26.3 Å². The average molecular weight is 601 g/mol. The van der Waals surface area contributed by atoms with Crippen molar-refractivity contribution in [2.45, 2.75) is 61.8 Å². The number of amides is 2. The maximum absolute atomic E-state index is 14.7. The summed E-state index contributed by atoms with van der Waals surface area (Å²) in [6.45, 7) is 4.29. The third-order valence-corrected chi connectivity index (χ3v) is 6.94. The van der Waals surface area contributed by atoms with Gasteiger partial charge in [0, 0.05) is 11.8 Å². The van der Waals surface area contributed by atoms with E-state index in [2.05, 4.69) is 0 Å². The molecule has 3 rings (SSSR count). The van der Waals surface area contributed by atoms with Crippen LogP contribution in [0.1, 0.15) is 43.5 Å². The second kappa shape index (κ2) is 9.90. The predicted molar refractivity (Wildman–Crippen MR) is 125 cm³/mol. The van der Waals surface area contributed by atoms with Gasteiger partial charge in [-0.25, -0.2) is 17.6 Å². The zero-order chi connectivity index (χ0) is 30.6. The zero-order valence-electron chi connectivity index (χ0n) is 21.2. The molecule has 0 fully saturated rings. The quantitative estimate of drug-likeness (QED) is 0.480. The first-order valence-corrected chi connectivity index (χ1v) is 13.2. The van der Waals surface area contributed by atoms with Gasteiger partial charge >= 0.3 is 18.4 Å². The highest BCUT2D eigenvalue weighted by Crippen LogP contribution is 2.50. The van der Waals surface area contributed by atoms with Gasteiger partial charge in [0.2, 0.25) is 0 Å². The fraction of sp³-hybridized carbons (Fsp3) is 0.417. The summed E-state index contributed by atoms with van der Waals surface area (Å²) in [4.78, 5) is 26.9. The number of nitrogens with one attached hydrogen (secondary N) is 1. The molecule has 8 nitrogen and oxygen atoms in total. The summed E-state index contributed by atoms with van der Waals surface area (Å²) < 4.78 is 123. The number of anilines is 1. The number of sulfone groups is 1. The Hall–Kier alpha value is -3.40.